The maximum absolute atomic E-state index is 2.45. The second kappa shape index (κ2) is 6.78. The molecule has 0 rings (SSSR count). The van der Waals surface area contributed by atoms with E-state index in [0.29, 0.717) is 10.8 Å². The minimum atomic E-state index is 0.335. The van der Waals surface area contributed by atoms with Gasteiger partial charge in [-0.2, -0.15) is 0 Å². The molecule has 0 aliphatic rings. The van der Waals surface area contributed by atoms with Gasteiger partial charge in [0.25, 0.3) is 0 Å². The fourth-order valence-corrected chi connectivity index (χ4v) is 2.72. The second-order valence-electron chi connectivity index (χ2n) is 7.12. The van der Waals surface area contributed by atoms with Gasteiger partial charge in [-0.25, -0.2) is 0 Å². The van der Waals surface area contributed by atoms with Crippen molar-refractivity contribution in [2.75, 3.05) is 0 Å². The van der Waals surface area contributed by atoms with Gasteiger partial charge in [0, 0.05) is 0 Å². The summed E-state index contributed by atoms with van der Waals surface area (Å²) in [4.78, 5) is 0. The Hall–Kier alpha value is -0.260. The molecule has 1 atom stereocenters. The Morgan fingerprint density at radius 3 is 1.83 bits per heavy atom. The highest BCUT2D eigenvalue weighted by Crippen LogP contribution is 2.45. The van der Waals surface area contributed by atoms with E-state index in [1.807, 2.05) is 0 Å². The zero-order valence-electron chi connectivity index (χ0n) is 14.4. The lowest BCUT2D eigenvalue weighted by molar-refractivity contribution is 0.259. The van der Waals surface area contributed by atoms with E-state index in [4.69, 9.17) is 0 Å². The van der Waals surface area contributed by atoms with Crippen LogP contribution >= 0.6 is 0 Å². The minimum Gasteiger partial charge on any atom is -0.0679 e. The molecule has 0 saturated heterocycles. The fourth-order valence-electron chi connectivity index (χ4n) is 2.72. The molecule has 0 spiro atoms. The summed E-state index contributed by atoms with van der Waals surface area (Å²) in [7, 11) is 0. The standard InChI is InChI=1S/C18H36/c1-10-13-16(15(5)17(6,7)12-3)18(8,9)14(4)11-2/h14H,10-13H2,1-9H3. The molecule has 0 amide bonds. The van der Waals surface area contributed by atoms with E-state index >= 15 is 0 Å². The SMILES string of the molecule is CCCC(=C(C)C(C)(C)CC)C(C)(C)C(C)CC. The van der Waals surface area contributed by atoms with Crippen LogP contribution in [0.1, 0.15) is 88.0 Å². The predicted octanol–water partition coefficient (Wildman–Crippen LogP) is 6.61. The van der Waals surface area contributed by atoms with Crippen molar-refractivity contribution in [1.82, 2.24) is 0 Å². The summed E-state index contributed by atoms with van der Waals surface area (Å²) in [6, 6.07) is 0. The van der Waals surface area contributed by atoms with E-state index < -0.39 is 0 Å². The Bertz CT molecular complexity index is 278. The van der Waals surface area contributed by atoms with Crippen molar-refractivity contribution in [3.8, 4) is 0 Å². The highest BCUT2D eigenvalue weighted by molar-refractivity contribution is 5.25. The lowest BCUT2D eigenvalue weighted by Crippen LogP contribution is -2.27. The van der Waals surface area contributed by atoms with Crippen LogP contribution in [0.25, 0.3) is 0 Å². The van der Waals surface area contributed by atoms with Crippen LogP contribution in [-0.2, 0) is 0 Å². The molecule has 0 aromatic heterocycles. The van der Waals surface area contributed by atoms with Gasteiger partial charge >= 0.3 is 0 Å². The normalized spacial score (nSPS) is 16.5. The zero-order chi connectivity index (χ0) is 14.6. The number of hydrogen-bond donors (Lipinski definition) is 0. The minimum absolute atomic E-state index is 0.335. The summed E-state index contributed by atoms with van der Waals surface area (Å²) in [6.45, 7) is 21.4. The molecule has 0 aliphatic heterocycles. The number of rotatable bonds is 7. The maximum atomic E-state index is 2.45. The molecule has 0 aromatic carbocycles. The van der Waals surface area contributed by atoms with Gasteiger partial charge in [-0.1, -0.05) is 79.4 Å². The molecule has 0 nitrogen and oxygen atoms in total. The molecule has 0 saturated carbocycles. The summed E-state index contributed by atoms with van der Waals surface area (Å²) >= 11 is 0. The molecule has 0 heteroatoms. The van der Waals surface area contributed by atoms with Crippen molar-refractivity contribution in [2.45, 2.75) is 88.0 Å². The summed E-state index contributed by atoms with van der Waals surface area (Å²) in [5, 5.41) is 0. The Labute approximate surface area is 116 Å². The van der Waals surface area contributed by atoms with E-state index in [1.54, 1.807) is 11.1 Å². The predicted molar refractivity (Wildman–Crippen MR) is 84.9 cm³/mol. The van der Waals surface area contributed by atoms with Crippen LogP contribution in [0.4, 0.5) is 0 Å². The molecular formula is C18H36. The van der Waals surface area contributed by atoms with Crippen LogP contribution in [0.3, 0.4) is 0 Å². The van der Waals surface area contributed by atoms with E-state index in [1.165, 1.54) is 25.7 Å². The van der Waals surface area contributed by atoms with Crippen molar-refractivity contribution in [2.24, 2.45) is 16.7 Å². The van der Waals surface area contributed by atoms with Crippen LogP contribution < -0.4 is 0 Å². The Morgan fingerprint density at radius 1 is 1.00 bits per heavy atom. The van der Waals surface area contributed by atoms with Gasteiger partial charge in [-0.15, -0.1) is 0 Å². The average Bonchev–Trinajstić information content (AvgIpc) is 2.33. The first kappa shape index (κ1) is 17.7. The highest BCUT2D eigenvalue weighted by atomic mass is 14.4. The van der Waals surface area contributed by atoms with Crippen LogP contribution in [0.15, 0.2) is 11.1 Å². The lowest BCUT2D eigenvalue weighted by Gasteiger charge is -2.39. The number of allylic oxidation sites excluding steroid dienone is 2. The monoisotopic (exact) mass is 252 g/mol. The Balaban J connectivity index is 5.62. The van der Waals surface area contributed by atoms with Crippen molar-refractivity contribution in [3.63, 3.8) is 0 Å². The van der Waals surface area contributed by atoms with Crippen LogP contribution in [0.5, 0.6) is 0 Å². The van der Waals surface area contributed by atoms with Gasteiger partial charge in [0.1, 0.15) is 0 Å². The van der Waals surface area contributed by atoms with Crippen LogP contribution in [0, 0.1) is 16.7 Å². The first-order valence-electron chi connectivity index (χ1n) is 7.85. The largest absolute Gasteiger partial charge is 0.0679 e. The van der Waals surface area contributed by atoms with E-state index in [-0.39, 0.29) is 0 Å². The van der Waals surface area contributed by atoms with Gasteiger partial charge in [0.05, 0.1) is 0 Å². The smallest absolute Gasteiger partial charge is 0.0116 e. The van der Waals surface area contributed by atoms with Crippen LogP contribution in [-0.4, -0.2) is 0 Å². The molecule has 0 aliphatic carbocycles. The summed E-state index contributed by atoms with van der Waals surface area (Å²) in [6.07, 6.45) is 5.00. The summed E-state index contributed by atoms with van der Waals surface area (Å²) < 4.78 is 0. The van der Waals surface area contributed by atoms with E-state index in [2.05, 4.69) is 62.3 Å². The molecule has 108 valence electrons. The maximum Gasteiger partial charge on any atom is -0.0116 e. The molecule has 18 heavy (non-hydrogen) atoms. The molecule has 0 fully saturated rings. The quantitative estimate of drug-likeness (QED) is 0.447. The zero-order valence-corrected chi connectivity index (χ0v) is 14.4. The molecule has 0 aromatic rings. The summed E-state index contributed by atoms with van der Waals surface area (Å²) in [5.41, 5.74) is 4.03. The molecule has 0 heterocycles. The number of hydrogen-bond acceptors (Lipinski definition) is 0. The van der Waals surface area contributed by atoms with Gasteiger partial charge < -0.3 is 0 Å². The average molecular weight is 252 g/mol. The van der Waals surface area contributed by atoms with Crippen molar-refractivity contribution in [3.05, 3.63) is 11.1 Å². The van der Waals surface area contributed by atoms with Crippen LogP contribution in [0.2, 0.25) is 0 Å². The van der Waals surface area contributed by atoms with Gasteiger partial charge in [0.2, 0.25) is 0 Å². The molecule has 0 bridgehead atoms. The lowest BCUT2D eigenvalue weighted by atomic mass is 9.66. The van der Waals surface area contributed by atoms with Crippen molar-refractivity contribution >= 4 is 0 Å². The van der Waals surface area contributed by atoms with Gasteiger partial charge in [-0.05, 0) is 36.5 Å². The Morgan fingerprint density at radius 2 is 1.50 bits per heavy atom. The van der Waals surface area contributed by atoms with E-state index in [9.17, 15) is 0 Å². The molecule has 0 N–H and O–H groups in total. The Kier molecular flexibility index (Phi) is 6.68. The second-order valence-corrected chi connectivity index (χ2v) is 7.12. The third-order valence-electron chi connectivity index (χ3n) is 5.47. The molecular weight excluding hydrogens is 216 g/mol. The third-order valence-corrected chi connectivity index (χ3v) is 5.47. The van der Waals surface area contributed by atoms with Crippen molar-refractivity contribution < 1.29 is 0 Å². The fraction of sp³-hybridized carbons (Fsp3) is 0.889. The topological polar surface area (TPSA) is 0 Å². The molecule has 0 radical (unpaired) electrons. The highest BCUT2D eigenvalue weighted by Gasteiger charge is 2.32. The molecule has 1 unspecified atom stereocenters. The van der Waals surface area contributed by atoms with Crippen molar-refractivity contribution in [1.29, 1.82) is 0 Å². The van der Waals surface area contributed by atoms with Gasteiger partial charge in [-0.3, -0.25) is 0 Å². The summed E-state index contributed by atoms with van der Waals surface area (Å²) in [5.74, 6) is 0.752. The van der Waals surface area contributed by atoms with E-state index in [0.717, 1.165) is 5.92 Å². The first-order valence-corrected chi connectivity index (χ1v) is 7.85. The first-order chi connectivity index (χ1) is 8.15. The van der Waals surface area contributed by atoms with Gasteiger partial charge in [0.15, 0.2) is 0 Å². The third kappa shape index (κ3) is 3.87.